The fraction of sp³-hybridized carbons (Fsp3) is 0.684. The van der Waals surface area contributed by atoms with Gasteiger partial charge in [-0.2, -0.15) is 4.98 Å². The molecule has 2 rings (SSSR count). The topological polar surface area (TPSA) is 149 Å². The number of hydrogen-bond acceptors (Lipinski definition) is 9. The van der Waals surface area contributed by atoms with Crippen LogP contribution >= 0.6 is 0 Å². The van der Waals surface area contributed by atoms with E-state index in [-0.39, 0.29) is 43.1 Å². The number of carbonyl (C=O) groups excluding carboxylic acids is 2. The molecule has 1 aliphatic heterocycles. The third kappa shape index (κ3) is 6.26. The summed E-state index contributed by atoms with van der Waals surface area (Å²) in [5, 5.41) is 0. The third-order valence-electron chi connectivity index (χ3n) is 4.58. The standard InChI is InChI=1S/C19H30N4O6/c1-10(2)7-16(24)29-12-8-15(23-6-5-14(20)22-19(23)26)28-13(12)9-27-18(25)17(21)11(3)4/h5-6,10-13,15,17H,7-9,21H2,1-4H3,(H2,20,22,26)/t12?,13-,15-,17-/m0/s1. The predicted molar refractivity (Wildman–Crippen MR) is 105 cm³/mol. The molecule has 4 atom stereocenters. The van der Waals surface area contributed by atoms with E-state index in [0.717, 1.165) is 0 Å². The molecule has 1 unspecified atom stereocenters. The maximum Gasteiger partial charge on any atom is 0.351 e. The Bertz CT molecular complexity index is 778. The highest BCUT2D eigenvalue weighted by molar-refractivity contribution is 5.75. The minimum absolute atomic E-state index is 0.0844. The number of rotatable bonds is 8. The largest absolute Gasteiger partial charge is 0.462 e. The van der Waals surface area contributed by atoms with Crippen LogP contribution in [0.25, 0.3) is 0 Å². The number of nitrogen functional groups attached to an aromatic ring is 1. The van der Waals surface area contributed by atoms with Crippen molar-refractivity contribution in [1.82, 2.24) is 9.55 Å². The van der Waals surface area contributed by atoms with E-state index in [1.54, 1.807) is 0 Å². The van der Waals surface area contributed by atoms with Crippen LogP contribution in [0.2, 0.25) is 0 Å². The Morgan fingerprint density at radius 2 is 2.03 bits per heavy atom. The number of aromatic nitrogens is 2. The van der Waals surface area contributed by atoms with Gasteiger partial charge < -0.3 is 25.7 Å². The summed E-state index contributed by atoms with van der Waals surface area (Å²) in [6, 6.07) is 0.706. The molecule has 4 N–H and O–H groups in total. The van der Waals surface area contributed by atoms with Crippen LogP contribution in [0.1, 0.15) is 46.8 Å². The van der Waals surface area contributed by atoms with Gasteiger partial charge in [-0.05, 0) is 17.9 Å². The fourth-order valence-corrected chi connectivity index (χ4v) is 2.87. The quantitative estimate of drug-likeness (QED) is 0.587. The minimum Gasteiger partial charge on any atom is -0.462 e. The van der Waals surface area contributed by atoms with Crippen LogP contribution < -0.4 is 17.2 Å². The first-order valence-electron chi connectivity index (χ1n) is 9.70. The van der Waals surface area contributed by atoms with Crippen LogP contribution in [0.4, 0.5) is 5.82 Å². The second-order valence-electron chi connectivity index (χ2n) is 7.93. The zero-order valence-corrected chi connectivity index (χ0v) is 17.2. The van der Waals surface area contributed by atoms with Crippen LogP contribution in [0.5, 0.6) is 0 Å². The lowest BCUT2D eigenvalue weighted by Crippen LogP contribution is -2.40. The molecule has 10 nitrogen and oxygen atoms in total. The summed E-state index contributed by atoms with van der Waals surface area (Å²) in [5.74, 6) is -0.807. The van der Waals surface area contributed by atoms with Gasteiger partial charge in [-0.15, -0.1) is 0 Å². The Labute approximate surface area is 169 Å². The SMILES string of the molecule is CC(C)CC(=O)OC1C[C@@H](n2ccc(N)nc2=O)O[C@H]1COC(=O)[C@@H](N)C(C)C. The summed E-state index contributed by atoms with van der Waals surface area (Å²) in [6.07, 6.45) is -0.216. The van der Waals surface area contributed by atoms with Gasteiger partial charge >= 0.3 is 17.6 Å². The number of nitrogens with two attached hydrogens (primary N) is 2. The van der Waals surface area contributed by atoms with Gasteiger partial charge in [0.2, 0.25) is 0 Å². The molecule has 1 aromatic heterocycles. The molecule has 2 heterocycles. The Morgan fingerprint density at radius 1 is 1.34 bits per heavy atom. The van der Waals surface area contributed by atoms with Crippen molar-refractivity contribution in [3.05, 3.63) is 22.7 Å². The Balaban J connectivity index is 2.12. The zero-order chi connectivity index (χ0) is 21.7. The Kier molecular flexibility index (Phi) is 7.74. The van der Waals surface area contributed by atoms with Crippen LogP contribution in [-0.2, 0) is 23.8 Å². The van der Waals surface area contributed by atoms with E-state index in [2.05, 4.69) is 4.98 Å². The average molecular weight is 410 g/mol. The molecule has 1 aliphatic rings. The molecule has 29 heavy (non-hydrogen) atoms. The van der Waals surface area contributed by atoms with E-state index in [1.807, 2.05) is 27.7 Å². The summed E-state index contributed by atoms with van der Waals surface area (Å²) >= 11 is 0. The summed E-state index contributed by atoms with van der Waals surface area (Å²) < 4.78 is 17.9. The first-order valence-corrected chi connectivity index (χ1v) is 9.70. The summed E-state index contributed by atoms with van der Waals surface area (Å²) in [4.78, 5) is 40.0. The monoisotopic (exact) mass is 410 g/mol. The molecule has 1 saturated heterocycles. The van der Waals surface area contributed by atoms with Gasteiger partial charge in [0.15, 0.2) is 0 Å². The van der Waals surface area contributed by atoms with Crippen molar-refractivity contribution in [2.75, 3.05) is 12.3 Å². The zero-order valence-electron chi connectivity index (χ0n) is 17.2. The molecule has 0 amide bonds. The van der Waals surface area contributed by atoms with Gasteiger partial charge in [-0.25, -0.2) is 4.79 Å². The molecule has 0 saturated carbocycles. The minimum atomic E-state index is -0.766. The first kappa shape index (κ1) is 22.8. The Morgan fingerprint density at radius 3 is 2.62 bits per heavy atom. The van der Waals surface area contributed by atoms with Crippen LogP contribution in [0.15, 0.2) is 17.1 Å². The lowest BCUT2D eigenvalue weighted by molar-refractivity contribution is -0.159. The number of hydrogen-bond donors (Lipinski definition) is 2. The van der Waals surface area contributed by atoms with Crippen molar-refractivity contribution in [2.24, 2.45) is 17.6 Å². The van der Waals surface area contributed by atoms with E-state index in [0.29, 0.717) is 0 Å². The maximum atomic E-state index is 12.1. The number of nitrogens with zero attached hydrogens (tertiary/aromatic N) is 2. The predicted octanol–water partition coefficient (Wildman–Crippen LogP) is 0.597. The molecular weight excluding hydrogens is 380 g/mol. The first-order chi connectivity index (χ1) is 13.6. The smallest absolute Gasteiger partial charge is 0.351 e. The maximum absolute atomic E-state index is 12.1. The van der Waals surface area contributed by atoms with Crippen molar-refractivity contribution in [3.63, 3.8) is 0 Å². The molecule has 1 aromatic rings. The second-order valence-corrected chi connectivity index (χ2v) is 7.93. The lowest BCUT2D eigenvalue weighted by atomic mass is 10.1. The van der Waals surface area contributed by atoms with E-state index >= 15 is 0 Å². The van der Waals surface area contributed by atoms with E-state index in [1.165, 1.54) is 16.8 Å². The molecule has 0 aliphatic carbocycles. The van der Waals surface area contributed by atoms with Crippen molar-refractivity contribution in [2.45, 2.75) is 65.0 Å². The van der Waals surface area contributed by atoms with Gasteiger partial charge in [-0.3, -0.25) is 14.2 Å². The molecule has 0 bridgehead atoms. The lowest BCUT2D eigenvalue weighted by Gasteiger charge is -2.21. The van der Waals surface area contributed by atoms with Gasteiger partial charge in [0.25, 0.3) is 0 Å². The number of carbonyl (C=O) groups is 2. The molecule has 162 valence electrons. The van der Waals surface area contributed by atoms with Gasteiger partial charge in [-0.1, -0.05) is 27.7 Å². The van der Waals surface area contributed by atoms with E-state index < -0.39 is 36.1 Å². The van der Waals surface area contributed by atoms with Crippen molar-refractivity contribution < 1.29 is 23.8 Å². The summed E-state index contributed by atoms with van der Waals surface area (Å²) in [6.45, 7) is 7.28. The second kappa shape index (κ2) is 9.84. The summed E-state index contributed by atoms with van der Waals surface area (Å²) in [7, 11) is 0. The number of esters is 2. The number of anilines is 1. The molecule has 1 fully saturated rings. The van der Waals surface area contributed by atoms with Gasteiger partial charge in [0.1, 0.15) is 36.9 Å². The van der Waals surface area contributed by atoms with E-state index in [9.17, 15) is 14.4 Å². The van der Waals surface area contributed by atoms with Crippen LogP contribution in [0.3, 0.4) is 0 Å². The molecule has 0 aromatic carbocycles. The number of ether oxygens (including phenoxy) is 3. The van der Waals surface area contributed by atoms with Gasteiger partial charge in [0, 0.05) is 19.0 Å². The average Bonchev–Trinajstić information content (AvgIpc) is 3.00. The summed E-state index contributed by atoms with van der Waals surface area (Å²) in [5.41, 5.74) is 10.7. The fourth-order valence-electron chi connectivity index (χ4n) is 2.87. The molecule has 10 heteroatoms. The van der Waals surface area contributed by atoms with Gasteiger partial charge in [0.05, 0.1) is 0 Å². The van der Waals surface area contributed by atoms with E-state index in [4.69, 9.17) is 25.7 Å². The highest BCUT2D eigenvalue weighted by Crippen LogP contribution is 2.31. The molecule has 0 spiro atoms. The van der Waals surface area contributed by atoms with Crippen molar-refractivity contribution >= 4 is 17.8 Å². The molecular formula is C19H30N4O6. The van der Waals surface area contributed by atoms with Crippen LogP contribution in [-0.4, -0.2) is 46.3 Å². The molecule has 0 radical (unpaired) electrons. The highest BCUT2D eigenvalue weighted by atomic mass is 16.6. The third-order valence-corrected chi connectivity index (χ3v) is 4.58. The normalized spacial score (nSPS) is 22.7. The van der Waals surface area contributed by atoms with Crippen molar-refractivity contribution in [1.29, 1.82) is 0 Å². The van der Waals surface area contributed by atoms with Crippen LogP contribution in [0, 0.1) is 11.8 Å². The van der Waals surface area contributed by atoms with Crippen molar-refractivity contribution in [3.8, 4) is 0 Å². The Hall–Kier alpha value is -2.46. The highest BCUT2D eigenvalue weighted by Gasteiger charge is 2.40.